The van der Waals surface area contributed by atoms with Crippen LogP contribution in [-0.2, 0) is 32.6 Å². The van der Waals surface area contributed by atoms with Gasteiger partial charge in [-0.1, -0.05) is 11.8 Å². The lowest BCUT2D eigenvalue weighted by molar-refractivity contribution is -0.118. The van der Waals surface area contributed by atoms with Crippen molar-refractivity contribution in [3.63, 3.8) is 0 Å². The Bertz CT molecular complexity index is 1150. The van der Waals surface area contributed by atoms with Gasteiger partial charge in [0.15, 0.2) is 5.16 Å². The van der Waals surface area contributed by atoms with E-state index in [1.54, 1.807) is 36.6 Å². The minimum Gasteiger partial charge on any atom is -0.467 e. The van der Waals surface area contributed by atoms with Crippen LogP contribution in [0.3, 0.4) is 0 Å². The van der Waals surface area contributed by atoms with Crippen molar-refractivity contribution in [3.8, 4) is 0 Å². The van der Waals surface area contributed by atoms with Crippen LogP contribution in [0.15, 0.2) is 51.1 Å². The number of fused-ring (bicyclic) bond motifs is 1. The van der Waals surface area contributed by atoms with Crippen LogP contribution in [0.1, 0.15) is 12.7 Å². The topological polar surface area (TPSA) is 107 Å². The van der Waals surface area contributed by atoms with Gasteiger partial charge in [-0.2, -0.15) is 4.31 Å². The zero-order chi connectivity index (χ0) is 21.8. The SMILES string of the molecule is CCn1c(SCC(=O)NCc2ccco2)nc2cc(S(=O)(=O)N3CCOCC3)ccc21. The lowest BCUT2D eigenvalue weighted by atomic mass is 10.3. The van der Waals surface area contributed by atoms with Crippen LogP contribution in [0, 0.1) is 0 Å². The molecule has 0 atom stereocenters. The number of amides is 1. The number of sulfonamides is 1. The summed E-state index contributed by atoms with van der Waals surface area (Å²) in [5, 5.41) is 3.48. The van der Waals surface area contributed by atoms with Crippen LogP contribution in [0.2, 0.25) is 0 Å². The highest BCUT2D eigenvalue weighted by molar-refractivity contribution is 7.99. The third-order valence-corrected chi connectivity index (χ3v) is 7.85. The molecule has 1 fully saturated rings. The molecule has 166 valence electrons. The van der Waals surface area contributed by atoms with Crippen molar-refractivity contribution in [3.05, 3.63) is 42.4 Å². The molecule has 1 aliphatic heterocycles. The summed E-state index contributed by atoms with van der Waals surface area (Å²) in [6.45, 7) is 4.46. The summed E-state index contributed by atoms with van der Waals surface area (Å²) in [7, 11) is -3.59. The highest BCUT2D eigenvalue weighted by atomic mass is 32.2. The molecular weight excluding hydrogens is 440 g/mol. The van der Waals surface area contributed by atoms with Crippen LogP contribution in [-0.4, -0.2) is 60.2 Å². The molecule has 3 heterocycles. The average molecular weight is 465 g/mol. The van der Waals surface area contributed by atoms with E-state index in [1.165, 1.54) is 16.1 Å². The lowest BCUT2D eigenvalue weighted by Crippen LogP contribution is -2.40. The molecule has 11 heteroatoms. The Hall–Kier alpha value is -2.34. The van der Waals surface area contributed by atoms with Crippen molar-refractivity contribution in [2.45, 2.75) is 30.1 Å². The number of benzene rings is 1. The Morgan fingerprint density at radius 3 is 2.77 bits per heavy atom. The molecule has 1 aromatic carbocycles. The van der Waals surface area contributed by atoms with E-state index in [0.717, 1.165) is 5.52 Å². The maximum atomic E-state index is 12.9. The number of hydrogen-bond acceptors (Lipinski definition) is 7. The van der Waals surface area contributed by atoms with Gasteiger partial charge in [0, 0.05) is 19.6 Å². The maximum Gasteiger partial charge on any atom is 0.243 e. The molecule has 4 rings (SSSR count). The summed E-state index contributed by atoms with van der Waals surface area (Å²) >= 11 is 1.32. The van der Waals surface area contributed by atoms with E-state index in [2.05, 4.69) is 10.3 Å². The Kier molecular flexibility index (Phi) is 6.65. The van der Waals surface area contributed by atoms with Gasteiger partial charge in [-0.05, 0) is 37.3 Å². The summed E-state index contributed by atoms with van der Waals surface area (Å²) < 4.78 is 39.8. The minimum absolute atomic E-state index is 0.133. The normalized spacial score (nSPS) is 15.4. The van der Waals surface area contributed by atoms with E-state index in [-0.39, 0.29) is 16.6 Å². The lowest BCUT2D eigenvalue weighted by Gasteiger charge is -2.26. The van der Waals surface area contributed by atoms with Gasteiger partial charge in [0.1, 0.15) is 5.76 Å². The summed E-state index contributed by atoms with van der Waals surface area (Å²) in [5.41, 5.74) is 1.43. The first kappa shape index (κ1) is 21.9. The second kappa shape index (κ2) is 9.43. The summed E-state index contributed by atoms with van der Waals surface area (Å²) in [6, 6.07) is 8.57. The fourth-order valence-electron chi connectivity index (χ4n) is 3.38. The van der Waals surface area contributed by atoms with Crippen molar-refractivity contribution in [2.24, 2.45) is 0 Å². The first-order chi connectivity index (χ1) is 15.0. The van der Waals surface area contributed by atoms with Gasteiger partial charge in [-0.3, -0.25) is 4.79 Å². The van der Waals surface area contributed by atoms with Crippen molar-refractivity contribution in [1.29, 1.82) is 0 Å². The van der Waals surface area contributed by atoms with Crippen molar-refractivity contribution >= 4 is 38.7 Å². The van der Waals surface area contributed by atoms with E-state index in [1.807, 2.05) is 11.5 Å². The molecule has 1 aliphatic rings. The largest absolute Gasteiger partial charge is 0.467 e. The van der Waals surface area contributed by atoms with E-state index in [9.17, 15) is 13.2 Å². The van der Waals surface area contributed by atoms with Crippen molar-refractivity contribution in [2.75, 3.05) is 32.1 Å². The summed E-state index contributed by atoms with van der Waals surface area (Å²) in [6.07, 6.45) is 1.56. The number of aryl methyl sites for hydroxylation is 1. The van der Waals surface area contributed by atoms with Gasteiger partial charge in [-0.25, -0.2) is 13.4 Å². The smallest absolute Gasteiger partial charge is 0.243 e. The molecule has 0 unspecified atom stereocenters. The second-order valence-electron chi connectivity index (χ2n) is 6.95. The van der Waals surface area contributed by atoms with E-state index in [0.29, 0.717) is 55.8 Å². The maximum absolute atomic E-state index is 12.9. The molecule has 0 spiro atoms. The van der Waals surface area contributed by atoms with Gasteiger partial charge < -0.3 is 19.0 Å². The number of rotatable bonds is 8. The standard InChI is InChI=1S/C20H24N4O5S2/c1-2-24-18-6-5-16(31(26,27)23-7-10-28-11-8-23)12-17(18)22-20(24)30-14-19(25)21-13-15-4-3-9-29-15/h3-6,9,12H,2,7-8,10-11,13-14H2,1H3,(H,21,25). The number of morpholine rings is 1. The number of furan rings is 1. The monoisotopic (exact) mass is 464 g/mol. The van der Waals surface area contributed by atoms with E-state index >= 15 is 0 Å². The van der Waals surface area contributed by atoms with Gasteiger partial charge in [0.05, 0.1) is 47.7 Å². The molecule has 9 nitrogen and oxygen atoms in total. The van der Waals surface area contributed by atoms with Crippen LogP contribution in [0.4, 0.5) is 0 Å². The highest BCUT2D eigenvalue weighted by Gasteiger charge is 2.27. The number of carbonyl (C=O) groups is 1. The van der Waals surface area contributed by atoms with Gasteiger partial charge in [-0.15, -0.1) is 0 Å². The number of hydrogen-bond donors (Lipinski definition) is 1. The highest BCUT2D eigenvalue weighted by Crippen LogP contribution is 2.27. The Morgan fingerprint density at radius 2 is 2.06 bits per heavy atom. The second-order valence-corrected chi connectivity index (χ2v) is 9.83. The molecule has 0 bridgehead atoms. The fourth-order valence-corrected chi connectivity index (χ4v) is 5.72. The molecule has 1 saturated heterocycles. The van der Waals surface area contributed by atoms with Crippen LogP contribution >= 0.6 is 11.8 Å². The third kappa shape index (κ3) is 4.79. The van der Waals surface area contributed by atoms with Gasteiger partial charge in [0.25, 0.3) is 0 Å². The number of ether oxygens (including phenoxy) is 1. The number of nitrogens with zero attached hydrogens (tertiary/aromatic N) is 3. The average Bonchev–Trinajstić information content (AvgIpc) is 3.43. The van der Waals surface area contributed by atoms with Crippen LogP contribution < -0.4 is 5.32 Å². The molecule has 31 heavy (non-hydrogen) atoms. The molecule has 0 aliphatic carbocycles. The molecule has 0 radical (unpaired) electrons. The molecule has 3 aromatic rings. The zero-order valence-corrected chi connectivity index (χ0v) is 18.7. The summed E-state index contributed by atoms with van der Waals surface area (Å²) in [5.74, 6) is 0.753. The molecular formula is C20H24N4O5S2. The summed E-state index contributed by atoms with van der Waals surface area (Å²) in [4.78, 5) is 17.0. The number of thioether (sulfide) groups is 1. The first-order valence-electron chi connectivity index (χ1n) is 9.99. The molecule has 1 amide bonds. The van der Waals surface area contributed by atoms with Crippen LogP contribution in [0.5, 0.6) is 0 Å². The first-order valence-corrected chi connectivity index (χ1v) is 12.4. The van der Waals surface area contributed by atoms with Gasteiger partial charge >= 0.3 is 0 Å². The van der Waals surface area contributed by atoms with Crippen molar-refractivity contribution < 1.29 is 22.4 Å². The molecule has 2 aromatic heterocycles. The number of aromatic nitrogens is 2. The predicted molar refractivity (Wildman–Crippen MR) is 116 cm³/mol. The predicted octanol–water partition coefficient (Wildman–Crippen LogP) is 2.08. The zero-order valence-electron chi connectivity index (χ0n) is 17.1. The molecule has 0 saturated carbocycles. The Morgan fingerprint density at radius 1 is 1.26 bits per heavy atom. The fraction of sp³-hybridized carbons (Fsp3) is 0.400. The minimum atomic E-state index is -3.59. The van der Waals surface area contributed by atoms with Crippen LogP contribution in [0.25, 0.3) is 11.0 Å². The Balaban J connectivity index is 1.49. The third-order valence-electron chi connectivity index (χ3n) is 4.98. The Labute approximate surface area is 184 Å². The van der Waals surface area contributed by atoms with E-state index in [4.69, 9.17) is 9.15 Å². The molecule has 1 N–H and O–H groups in total. The van der Waals surface area contributed by atoms with E-state index < -0.39 is 10.0 Å². The number of carbonyl (C=O) groups excluding carboxylic acids is 1. The van der Waals surface area contributed by atoms with Gasteiger partial charge in [0.2, 0.25) is 15.9 Å². The number of imidazole rings is 1. The van der Waals surface area contributed by atoms with Crippen molar-refractivity contribution in [1.82, 2.24) is 19.2 Å². The number of nitrogens with one attached hydrogen (secondary N) is 1. The quantitative estimate of drug-likeness (QED) is 0.509.